The first-order chi connectivity index (χ1) is 11.8. The number of rotatable bonds is 5. The molecule has 25 heavy (non-hydrogen) atoms. The van der Waals surface area contributed by atoms with Crippen LogP contribution in [0.3, 0.4) is 0 Å². The minimum absolute atomic E-state index is 0.126. The molecule has 1 aromatic rings. The molecule has 1 saturated heterocycles. The highest BCUT2D eigenvalue weighted by atomic mass is 35.5. The van der Waals surface area contributed by atoms with Gasteiger partial charge in [-0.05, 0) is 46.3 Å². The van der Waals surface area contributed by atoms with E-state index in [0.29, 0.717) is 22.8 Å². The summed E-state index contributed by atoms with van der Waals surface area (Å²) in [6.45, 7) is 6.85. The van der Waals surface area contributed by atoms with Gasteiger partial charge in [0.05, 0.1) is 6.61 Å². The van der Waals surface area contributed by atoms with Gasteiger partial charge in [-0.1, -0.05) is 23.4 Å². The third-order valence-corrected chi connectivity index (χ3v) is 4.53. The highest BCUT2D eigenvalue weighted by Gasteiger charge is 2.30. The fraction of sp³-hybridized carbons (Fsp3) is 0.706. The zero-order valence-electron chi connectivity index (χ0n) is 15.2. The lowest BCUT2D eigenvalue weighted by Crippen LogP contribution is -2.46. The summed E-state index contributed by atoms with van der Waals surface area (Å²) < 4.78 is 11.3. The van der Waals surface area contributed by atoms with Crippen molar-refractivity contribution >= 4 is 29.5 Å². The molecule has 0 aliphatic carbocycles. The second-order valence-corrected chi connectivity index (χ2v) is 8.14. The first kappa shape index (κ1) is 20.1. The molecule has 2 heterocycles. The van der Waals surface area contributed by atoms with E-state index in [4.69, 9.17) is 21.1 Å². The van der Waals surface area contributed by atoms with Crippen molar-refractivity contribution in [3.63, 3.8) is 0 Å². The summed E-state index contributed by atoms with van der Waals surface area (Å²) in [5.74, 6) is 0.462. The lowest BCUT2D eigenvalue weighted by atomic mass is 10.0. The molecule has 0 radical (unpaired) electrons. The van der Waals surface area contributed by atoms with Crippen LogP contribution in [0.4, 0.5) is 4.79 Å². The van der Waals surface area contributed by atoms with Gasteiger partial charge in [-0.2, -0.15) is 4.98 Å². The van der Waals surface area contributed by atoms with Gasteiger partial charge in [0, 0.05) is 25.1 Å². The molecule has 0 saturated carbocycles. The van der Waals surface area contributed by atoms with Gasteiger partial charge in [0.25, 0.3) is 0 Å². The highest BCUT2D eigenvalue weighted by molar-refractivity contribution is 7.98. The average Bonchev–Trinajstić information content (AvgIpc) is 2.53. The average molecular weight is 388 g/mol. The Kier molecular flexibility index (Phi) is 7.19. The van der Waals surface area contributed by atoms with Crippen molar-refractivity contribution < 1.29 is 14.3 Å². The first-order valence-corrected chi connectivity index (χ1v) is 10.1. The monoisotopic (exact) mass is 387 g/mol. The van der Waals surface area contributed by atoms with Gasteiger partial charge in [-0.25, -0.2) is 9.78 Å². The van der Waals surface area contributed by atoms with Crippen LogP contribution in [0.25, 0.3) is 0 Å². The van der Waals surface area contributed by atoms with E-state index in [9.17, 15) is 4.79 Å². The Morgan fingerprint density at radius 2 is 2.16 bits per heavy atom. The van der Waals surface area contributed by atoms with E-state index in [-0.39, 0.29) is 12.1 Å². The fourth-order valence-corrected chi connectivity index (χ4v) is 3.30. The summed E-state index contributed by atoms with van der Waals surface area (Å²) in [4.78, 5) is 22.6. The van der Waals surface area contributed by atoms with Crippen LogP contribution in [-0.4, -0.2) is 52.0 Å². The number of nitrogens with zero attached hydrogens (tertiary/aromatic N) is 3. The zero-order valence-corrected chi connectivity index (χ0v) is 16.8. The molecule has 140 valence electrons. The predicted octanol–water partition coefficient (Wildman–Crippen LogP) is 4.41. The fourth-order valence-electron chi connectivity index (χ4n) is 2.70. The van der Waals surface area contributed by atoms with Crippen LogP contribution in [0.2, 0.25) is 5.15 Å². The van der Waals surface area contributed by atoms with Crippen LogP contribution in [0.5, 0.6) is 5.88 Å². The Balaban J connectivity index is 1.91. The van der Waals surface area contributed by atoms with E-state index in [2.05, 4.69) is 9.97 Å². The molecule has 0 spiro atoms. The summed E-state index contributed by atoms with van der Waals surface area (Å²) in [6.07, 6.45) is 5.45. The smallest absolute Gasteiger partial charge is 0.410 e. The van der Waals surface area contributed by atoms with E-state index >= 15 is 0 Å². The maximum absolute atomic E-state index is 12.4. The molecule has 0 N–H and O–H groups in total. The summed E-state index contributed by atoms with van der Waals surface area (Å²) in [7, 11) is 0. The quantitative estimate of drug-likeness (QED) is 0.423. The van der Waals surface area contributed by atoms with Crippen LogP contribution in [0.15, 0.2) is 11.2 Å². The van der Waals surface area contributed by atoms with Crippen molar-refractivity contribution in [2.75, 3.05) is 19.4 Å². The zero-order chi connectivity index (χ0) is 18.4. The number of carbonyl (C=O) groups excluding carboxylic acids is 1. The number of piperidine rings is 1. The van der Waals surface area contributed by atoms with Crippen LogP contribution in [0, 0.1) is 0 Å². The highest BCUT2D eigenvalue weighted by Crippen LogP contribution is 2.23. The summed E-state index contributed by atoms with van der Waals surface area (Å²) in [6, 6.07) is 1.73. The Hall–Kier alpha value is -1.21. The molecule has 0 aromatic carbocycles. The van der Waals surface area contributed by atoms with Crippen molar-refractivity contribution in [2.45, 2.75) is 63.3 Å². The largest absolute Gasteiger partial charge is 0.477 e. The number of hydrogen-bond donors (Lipinski definition) is 0. The van der Waals surface area contributed by atoms with Gasteiger partial charge in [0.15, 0.2) is 5.16 Å². The number of halogens is 1. The van der Waals surface area contributed by atoms with E-state index in [0.717, 1.165) is 32.2 Å². The van der Waals surface area contributed by atoms with Gasteiger partial charge >= 0.3 is 6.09 Å². The van der Waals surface area contributed by atoms with Crippen molar-refractivity contribution in [2.24, 2.45) is 0 Å². The third kappa shape index (κ3) is 6.55. The van der Waals surface area contributed by atoms with Crippen LogP contribution in [-0.2, 0) is 4.74 Å². The normalized spacial score (nSPS) is 18.1. The molecular weight excluding hydrogens is 362 g/mol. The third-order valence-electron chi connectivity index (χ3n) is 3.79. The van der Waals surface area contributed by atoms with Crippen molar-refractivity contribution in [3.05, 3.63) is 11.2 Å². The topological polar surface area (TPSA) is 64.5 Å². The molecule has 1 aliphatic rings. The number of hydrogen-bond acceptors (Lipinski definition) is 6. The number of ether oxygens (including phenoxy) is 2. The SMILES string of the molecule is CSc1nc(Cl)cc(OCC[C@H]2CCCCN2C(=O)OC(C)(C)C)n1. The summed E-state index contributed by atoms with van der Waals surface area (Å²) in [5.41, 5.74) is -0.485. The molecule has 0 bridgehead atoms. The molecular formula is C17H26ClN3O3S. The molecule has 2 rings (SSSR count). The molecule has 1 fully saturated rings. The number of likely N-dealkylation sites (tertiary alicyclic amines) is 1. The lowest BCUT2D eigenvalue weighted by Gasteiger charge is -2.36. The maximum Gasteiger partial charge on any atom is 0.410 e. The summed E-state index contributed by atoms with van der Waals surface area (Å²) >= 11 is 7.38. The summed E-state index contributed by atoms with van der Waals surface area (Å²) in [5, 5.41) is 0.943. The van der Waals surface area contributed by atoms with Gasteiger partial charge in [-0.15, -0.1) is 0 Å². The van der Waals surface area contributed by atoms with Crippen LogP contribution < -0.4 is 4.74 Å². The van der Waals surface area contributed by atoms with Crippen molar-refractivity contribution in [3.8, 4) is 5.88 Å². The van der Waals surface area contributed by atoms with Crippen LogP contribution >= 0.6 is 23.4 Å². The molecule has 1 aliphatic heterocycles. The maximum atomic E-state index is 12.4. The van der Waals surface area contributed by atoms with Crippen LogP contribution in [0.1, 0.15) is 46.5 Å². The molecule has 1 amide bonds. The lowest BCUT2D eigenvalue weighted by molar-refractivity contribution is 0.00737. The number of carbonyl (C=O) groups is 1. The van der Waals surface area contributed by atoms with Gasteiger partial charge < -0.3 is 14.4 Å². The van der Waals surface area contributed by atoms with Crippen molar-refractivity contribution in [1.29, 1.82) is 0 Å². The van der Waals surface area contributed by atoms with Gasteiger partial charge in [-0.3, -0.25) is 0 Å². The van der Waals surface area contributed by atoms with Crippen molar-refractivity contribution in [1.82, 2.24) is 14.9 Å². The Bertz CT molecular complexity index is 595. The Labute approximate surface area is 158 Å². The minimum atomic E-state index is -0.485. The Morgan fingerprint density at radius 3 is 2.84 bits per heavy atom. The number of thioether (sulfide) groups is 1. The molecule has 6 nitrogen and oxygen atoms in total. The van der Waals surface area contributed by atoms with Gasteiger partial charge in [0.1, 0.15) is 10.8 Å². The number of aromatic nitrogens is 2. The second-order valence-electron chi connectivity index (χ2n) is 6.98. The Morgan fingerprint density at radius 1 is 1.40 bits per heavy atom. The first-order valence-electron chi connectivity index (χ1n) is 8.49. The molecule has 1 aromatic heterocycles. The molecule has 1 atom stereocenters. The van der Waals surface area contributed by atoms with E-state index in [1.54, 1.807) is 6.07 Å². The molecule has 0 unspecified atom stereocenters. The minimum Gasteiger partial charge on any atom is -0.477 e. The van der Waals surface area contributed by atoms with E-state index in [1.807, 2.05) is 31.9 Å². The van der Waals surface area contributed by atoms with E-state index < -0.39 is 5.60 Å². The standard InChI is InChI=1S/C17H26ClN3O3S/c1-17(2,3)24-16(22)21-9-6-5-7-12(21)8-10-23-14-11-13(18)19-15(20-14)25-4/h11-12H,5-10H2,1-4H3/t12-/m1/s1. The predicted molar refractivity (Wildman–Crippen MR) is 99.5 cm³/mol. The van der Waals surface area contributed by atoms with Gasteiger partial charge in [0.2, 0.25) is 5.88 Å². The second kappa shape index (κ2) is 8.94. The van der Waals surface area contributed by atoms with E-state index in [1.165, 1.54) is 11.8 Å². The molecule has 8 heteroatoms. The number of amides is 1.